The molecule has 0 aromatic rings. The van der Waals surface area contributed by atoms with Gasteiger partial charge in [-0.15, -0.1) is 0 Å². The Morgan fingerprint density at radius 2 is 1.50 bits per heavy atom. The Kier molecular flexibility index (Phi) is 4.02. The van der Waals surface area contributed by atoms with Gasteiger partial charge in [-0.25, -0.2) is 9.59 Å². The third kappa shape index (κ3) is 3.68. The molecule has 1 rings (SSSR count). The van der Waals surface area contributed by atoms with Gasteiger partial charge in [-0.3, -0.25) is 0 Å². The maximum absolute atomic E-state index is 11.9. The maximum atomic E-state index is 11.9. The van der Waals surface area contributed by atoms with E-state index in [4.69, 9.17) is 14.2 Å². The number of methoxy groups -OCH3 is 1. The number of esters is 2. The van der Waals surface area contributed by atoms with Crippen molar-refractivity contribution in [3.05, 3.63) is 0 Å². The number of ether oxygens (including phenoxy) is 4. The zero-order valence-corrected chi connectivity index (χ0v) is 11.6. The molecule has 0 aliphatic carbocycles. The Morgan fingerprint density at radius 1 is 1.06 bits per heavy atom. The number of hydrogen-bond donors (Lipinski definition) is 0. The van der Waals surface area contributed by atoms with Gasteiger partial charge in [-0.2, -0.15) is 0 Å². The first kappa shape index (κ1) is 14.9. The predicted octanol–water partition coefficient (Wildman–Crippen LogP) is 1.02. The fraction of sp³-hybridized carbons (Fsp3) is 0.833. The second kappa shape index (κ2) is 4.85. The zero-order chi connectivity index (χ0) is 14.1. The molecule has 1 saturated heterocycles. The molecule has 0 aromatic carbocycles. The standard InChI is InChI=1S/C12H20O6/c1-11(2,3)18-10(14)8-7(9(13)15-6)16-12(4,5)17-8/h7-8H,1-6H3/t7-,8-/m1/s1. The summed E-state index contributed by atoms with van der Waals surface area (Å²) in [5.74, 6) is -2.32. The summed E-state index contributed by atoms with van der Waals surface area (Å²) in [5.41, 5.74) is -0.659. The van der Waals surface area contributed by atoms with Crippen LogP contribution in [0, 0.1) is 0 Å². The van der Waals surface area contributed by atoms with E-state index < -0.39 is 35.5 Å². The summed E-state index contributed by atoms with van der Waals surface area (Å²) in [5, 5.41) is 0. The van der Waals surface area contributed by atoms with Crippen molar-refractivity contribution in [2.24, 2.45) is 0 Å². The van der Waals surface area contributed by atoms with E-state index in [1.807, 2.05) is 0 Å². The number of carbonyl (C=O) groups is 2. The van der Waals surface area contributed by atoms with Crippen LogP contribution in [0.25, 0.3) is 0 Å². The lowest BCUT2D eigenvalue weighted by atomic mass is 10.1. The van der Waals surface area contributed by atoms with Crippen molar-refractivity contribution in [1.82, 2.24) is 0 Å². The van der Waals surface area contributed by atoms with Gasteiger partial charge >= 0.3 is 11.9 Å². The Morgan fingerprint density at radius 3 is 1.89 bits per heavy atom. The third-order valence-electron chi connectivity index (χ3n) is 2.17. The molecule has 6 nitrogen and oxygen atoms in total. The van der Waals surface area contributed by atoms with Crippen LogP contribution in [0.2, 0.25) is 0 Å². The molecule has 1 fully saturated rings. The molecule has 0 aromatic heterocycles. The normalized spacial score (nSPS) is 26.8. The van der Waals surface area contributed by atoms with Crippen molar-refractivity contribution >= 4 is 11.9 Å². The minimum atomic E-state index is -1.10. The lowest BCUT2D eigenvalue weighted by Crippen LogP contribution is -2.41. The Balaban J connectivity index is 2.84. The van der Waals surface area contributed by atoms with Crippen LogP contribution >= 0.6 is 0 Å². The second-order valence-electron chi connectivity index (χ2n) is 5.53. The van der Waals surface area contributed by atoms with Crippen LogP contribution in [0.1, 0.15) is 34.6 Å². The minimum Gasteiger partial charge on any atom is -0.467 e. The smallest absolute Gasteiger partial charge is 0.339 e. The van der Waals surface area contributed by atoms with Gasteiger partial charge in [0.05, 0.1) is 7.11 Å². The summed E-state index contributed by atoms with van der Waals surface area (Å²) < 4.78 is 20.5. The molecule has 0 N–H and O–H groups in total. The highest BCUT2D eigenvalue weighted by Crippen LogP contribution is 2.30. The van der Waals surface area contributed by atoms with E-state index in [-0.39, 0.29) is 0 Å². The van der Waals surface area contributed by atoms with E-state index >= 15 is 0 Å². The van der Waals surface area contributed by atoms with Crippen molar-refractivity contribution in [3.8, 4) is 0 Å². The first-order valence-electron chi connectivity index (χ1n) is 5.72. The molecule has 6 heteroatoms. The molecule has 2 atom stereocenters. The van der Waals surface area contributed by atoms with Crippen LogP contribution in [-0.4, -0.2) is 42.6 Å². The van der Waals surface area contributed by atoms with Crippen molar-refractivity contribution in [2.45, 2.75) is 58.2 Å². The molecule has 1 aliphatic rings. The third-order valence-corrected chi connectivity index (χ3v) is 2.17. The molecule has 1 aliphatic heterocycles. The van der Waals surface area contributed by atoms with E-state index in [2.05, 4.69) is 4.74 Å². The first-order chi connectivity index (χ1) is 8.06. The second-order valence-corrected chi connectivity index (χ2v) is 5.53. The number of carbonyl (C=O) groups excluding carboxylic acids is 2. The van der Waals surface area contributed by atoms with Gasteiger partial charge in [-0.05, 0) is 34.6 Å². The van der Waals surface area contributed by atoms with Gasteiger partial charge in [-0.1, -0.05) is 0 Å². The van der Waals surface area contributed by atoms with E-state index in [9.17, 15) is 9.59 Å². The highest BCUT2D eigenvalue weighted by molar-refractivity contribution is 5.86. The Hall–Kier alpha value is -1.14. The summed E-state index contributed by atoms with van der Waals surface area (Å²) in [6.45, 7) is 8.44. The Bertz CT molecular complexity index is 341. The predicted molar refractivity (Wildman–Crippen MR) is 61.7 cm³/mol. The molecule has 1 heterocycles. The van der Waals surface area contributed by atoms with Crippen LogP contribution in [-0.2, 0) is 28.5 Å². The molecule has 0 unspecified atom stereocenters. The highest BCUT2D eigenvalue weighted by Gasteiger charge is 2.51. The van der Waals surface area contributed by atoms with Gasteiger partial charge in [0.2, 0.25) is 0 Å². The largest absolute Gasteiger partial charge is 0.467 e. The van der Waals surface area contributed by atoms with Gasteiger partial charge in [0.15, 0.2) is 18.0 Å². The van der Waals surface area contributed by atoms with Gasteiger partial charge in [0.25, 0.3) is 0 Å². The van der Waals surface area contributed by atoms with E-state index in [1.54, 1.807) is 34.6 Å². The molecule has 0 saturated carbocycles. The summed E-state index contributed by atoms with van der Waals surface area (Å²) in [6, 6.07) is 0. The highest BCUT2D eigenvalue weighted by atomic mass is 16.8. The molecule has 0 bridgehead atoms. The van der Waals surface area contributed by atoms with Crippen LogP contribution in [0.15, 0.2) is 0 Å². The Labute approximate surface area is 107 Å². The fourth-order valence-electron chi connectivity index (χ4n) is 1.58. The molecule has 0 amide bonds. The quantitative estimate of drug-likeness (QED) is 0.690. The monoisotopic (exact) mass is 260 g/mol. The maximum Gasteiger partial charge on any atom is 0.339 e. The molecular weight excluding hydrogens is 240 g/mol. The molecular formula is C12H20O6. The van der Waals surface area contributed by atoms with Gasteiger partial charge in [0, 0.05) is 0 Å². The first-order valence-corrected chi connectivity index (χ1v) is 5.72. The minimum absolute atomic E-state index is 0.636. The van der Waals surface area contributed by atoms with E-state index in [0.29, 0.717) is 0 Å². The lowest BCUT2D eigenvalue weighted by molar-refractivity contribution is -0.179. The van der Waals surface area contributed by atoms with Crippen molar-refractivity contribution in [2.75, 3.05) is 7.11 Å². The van der Waals surface area contributed by atoms with E-state index in [0.717, 1.165) is 0 Å². The average Bonchev–Trinajstić information content (AvgIpc) is 2.51. The van der Waals surface area contributed by atoms with Crippen LogP contribution in [0.3, 0.4) is 0 Å². The van der Waals surface area contributed by atoms with Gasteiger partial charge < -0.3 is 18.9 Å². The van der Waals surface area contributed by atoms with Crippen LogP contribution in [0.5, 0.6) is 0 Å². The average molecular weight is 260 g/mol. The molecule has 0 radical (unpaired) electrons. The van der Waals surface area contributed by atoms with Crippen molar-refractivity contribution < 1.29 is 28.5 Å². The van der Waals surface area contributed by atoms with Crippen molar-refractivity contribution in [1.29, 1.82) is 0 Å². The number of rotatable bonds is 2. The SMILES string of the molecule is COC(=O)[C@@H]1OC(C)(C)O[C@H]1C(=O)OC(C)(C)C. The summed E-state index contributed by atoms with van der Waals surface area (Å²) in [4.78, 5) is 23.5. The fourth-order valence-corrected chi connectivity index (χ4v) is 1.58. The zero-order valence-electron chi connectivity index (χ0n) is 11.6. The lowest BCUT2D eigenvalue weighted by Gasteiger charge is -2.23. The summed E-state index contributed by atoms with van der Waals surface area (Å²) >= 11 is 0. The molecule has 104 valence electrons. The topological polar surface area (TPSA) is 71.1 Å². The summed E-state index contributed by atoms with van der Waals surface area (Å²) in [7, 11) is 1.23. The molecule has 0 spiro atoms. The van der Waals surface area contributed by atoms with Crippen LogP contribution in [0.4, 0.5) is 0 Å². The molecule has 18 heavy (non-hydrogen) atoms. The van der Waals surface area contributed by atoms with Gasteiger partial charge in [0.1, 0.15) is 5.60 Å². The summed E-state index contributed by atoms with van der Waals surface area (Å²) in [6.07, 6.45) is -2.20. The number of hydrogen-bond acceptors (Lipinski definition) is 6. The van der Waals surface area contributed by atoms with Crippen molar-refractivity contribution in [3.63, 3.8) is 0 Å². The van der Waals surface area contributed by atoms with E-state index in [1.165, 1.54) is 7.11 Å². The van der Waals surface area contributed by atoms with Crippen LogP contribution < -0.4 is 0 Å².